The van der Waals surface area contributed by atoms with E-state index in [1.165, 1.54) is 28.0 Å². The molecule has 2 aromatic carbocycles. The van der Waals surface area contributed by atoms with Crippen LogP contribution in [0.3, 0.4) is 0 Å². The molecule has 5 aromatic rings. The van der Waals surface area contributed by atoms with Gasteiger partial charge in [0.1, 0.15) is 24.0 Å². The van der Waals surface area contributed by atoms with Crippen molar-refractivity contribution in [1.82, 2.24) is 40.2 Å². The Bertz CT molecular complexity index is 1700. The highest BCUT2D eigenvalue weighted by Gasteiger charge is 2.36. The van der Waals surface area contributed by atoms with Crippen molar-refractivity contribution in [3.8, 4) is 5.95 Å². The average Bonchev–Trinajstić information content (AvgIpc) is 3.65. The van der Waals surface area contributed by atoms with Crippen molar-refractivity contribution in [2.24, 2.45) is 0 Å². The van der Waals surface area contributed by atoms with Gasteiger partial charge in [-0.1, -0.05) is 51.1 Å². The van der Waals surface area contributed by atoms with Gasteiger partial charge in [0.2, 0.25) is 17.7 Å². The molecule has 0 saturated heterocycles. The number of benzene rings is 2. The summed E-state index contributed by atoms with van der Waals surface area (Å²) in [6.07, 6.45) is 4.87. The van der Waals surface area contributed by atoms with Gasteiger partial charge in [0.15, 0.2) is 0 Å². The molecule has 12 heteroatoms. The molecule has 3 aromatic heterocycles. The summed E-state index contributed by atoms with van der Waals surface area (Å²) in [5, 5.41) is 13.9. The van der Waals surface area contributed by atoms with Crippen molar-refractivity contribution >= 4 is 17.5 Å². The number of aromatic amines is 1. The molecule has 220 valence electrons. The zero-order valence-corrected chi connectivity index (χ0v) is 24.3. The van der Waals surface area contributed by atoms with Crippen LogP contribution in [0.4, 0.5) is 10.1 Å². The number of anilines is 1. The van der Waals surface area contributed by atoms with Gasteiger partial charge in [0.25, 0.3) is 5.91 Å². The number of nitrogens with zero attached hydrogens (tertiary/aromatic N) is 7. The van der Waals surface area contributed by atoms with E-state index >= 15 is 0 Å². The summed E-state index contributed by atoms with van der Waals surface area (Å²) in [7, 11) is 0. The lowest BCUT2D eigenvalue weighted by molar-refractivity contribution is -0.122. The van der Waals surface area contributed by atoms with Crippen molar-refractivity contribution in [2.45, 2.75) is 45.6 Å². The second kappa shape index (κ2) is 12.3. The highest BCUT2D eigenvalue weighted by atomic mass is 19.1. The third kappa shape index (κ3) is 6.64. The monoisotopic (exact) mass is 581 g/mol. The van der Waals surface area contributed by atoms with E-state index in [-0.39, 0.29) is 23.6 Å². The van der Waals surface area contributed by atoms with Crippen LogP contribution >= 0.6 is 0 Å². The molecule has 0 bridgehead atoms. The van der Waals surface area contributed by atoms with Crippen LogP contribution in [0.5, 0.6) is 0 Å². The largest absolute Gasteiger partial charge is 0.354 e. The van der Waals surface area contributed by atoms with E-state index in [0.29, 0.717) is 29.4 Å². The SMILES string of the molecule is Cc1nc(C(=O)N(c2ccc(C(C)(C)C)cc2)C(C(=O)NCCc2cccc(F)c2)c2cccnc2)nn1-c1ncn[nH]1. The summed E-state index contributed by atoms with van der Waals surface area (Å²) in [5.74, 6) is -0.817. The molecule has 0 aliphatic heterocycles. The van der Waals surface area contributed by atoms with Crippen LogP contribution in [0.2, 0.25) is 0 Å². The molecule has 1 unspecified atom stereocenters. The Morgan fingerprint density at radius 1 is 1.09 bits per heavy atom. The van der Waals surface area contributed by atoms with Crippen LogP contribution in [-0.4, -0.2) is 53.3 Å². The molecular formula is C31H32FN9O2. The summed E-state index contributed by atoms with van der Waals surface area (Å²) in [6, 6.07) is 16.0. The molecular weight excluding hydrogens is 549 g/mol. The number of hydrogen-bond donors (Lipinski definition) is 2. The number of aryl methyl sites for hydroxylation is 1. The molecule has 0 aliphatic carbocycles. The van der Waals surface area contributed by atoms with E-state index in [0.717, 1.165) is 11.1 Å². The van der Waals surface area contributed by atoms with Crippen molar-refractivity contribution in [3.63, 3.8) is 0 Å². The maximum Gasteiger partial charge on any atom is 0.298 e. The number of hydrogen-bond acceptors (Lipinski definition) is 7. The van der Waals surface area contributed by atoms with E-state index in [4.69, 9.17) is 0 Å². The number of amides is 2. The summed E-state index contributed by atoms with van der Waals surface area (Å²) in [4.78, 5) is 42.4. The van der Waals surface area contributed by atoms with Crippen molar-refractivity contribution < 1.29 is 14.0 Å². The molecule has 43 heavy (non-hydrogen) atoms. The van der Waals surface area contributed by atoms with Crippen LogP contribution in [0.25, 0.3) is 5.95 Å². The van der Waals surface area contributed by atoms with Gasteiger partial charge in [-0.15, -0.1) is 5.10 Å². The van der Waals surface area contributed by atoms with Gasteiger partial charge >= 0.3 is 0 Å². The topological polar surface area (TPSA) is 135 Å². The number of rotatable bonds is 9. The highest BCUT2D eigenvalue weighted by molar-refractivity contribution is 6.08. The third-order valence-corrected chi connectivity index (χ3v) is 6.90. The number of H-pyrrole nitrogens is 1. The van der Waals surface area contributed by atoms with E-state index in [1.54, 1.807) is 43.6 Å². The number of halogens is 1. The Kier molecular flexibility index (Phi) is 8.37. The Morgan fingerprint density at radius 2 is 1.88 bits per heavy atom. The Balaban J connectivity index is 1.54. The first kappa shape index (κ1) is 29.2. The van der Waals surface area contributed by atoms with Crippen LogP contribution in [0, 0.1) is 12.7 Å². The van der Waals surface area contributed by atoms with E-state index in [9.17, 15) is 14.0 Å². The number of carbonyl (C=O) groups is 2. The second-order valence-corrected chi connectivity index (χ2v) is 11.0. The maximum absolute atomic E-state index is 14.3. The summed E-state index contributed by atoms with van der Waals surface area (Å²) in [6.45, 7) is 8.20. The summed E-state index contributed by atoms with van der Waals surface area (Å²) < 4.78 is 15.1. The summed E-state index contributed by atoms with van der Waals surface area (Å²) >= 11 is 0. The third-order valence-electron chi connectivity index (χ3n) is 6.90. The molecule has 11 nitrogen and oxygen atoms in total. The van der Waals surface area contributed by atoms with Crippen LogP contribution < -0.4 is 10.2 Å². The minimum absolute atomic E-state index is 0.126. The van der Waals surface area contributed by atoms with Gasteiger partial charge in [-0.2, -0.15) is 14.8 Å². The van der Waals surface area contributed by atoms with Gasteiger partial charge in [0, 0.05) is 30.2 Å². The van der Waals surface area contributed by atoms with Crippen LogP contribution in [-0.2, 0) is 16.6 Å². The lowest BCUT2D eigenvalue weighted by Crippen LogP contribution is -2.45. The van der Waals surface area contributed by atoms with Gasteiger partial charge in [0.05, 0.1) is 0 Å². The number of pyridine rings is 1. The first-order chi connectivity index (χ1) is 20.6. The molecule has 0 aliphatic rings. The van der Waals surface area contributed by atoms with Crippen molar-refractivity contribution in [3.05, 3.63) is 114 Å². The zero-order valence-electron chi connectivity index (χ0n) is 24.3. The molecule has 2 N–H and O–H groups in total. The van der Waals surface area contributed by atoms with E-state index in [1.807, 2.05) is 24.3 Å². The Morgan fingerprint density at radius 3 is 2.53 bits per heavy atom. The zero-order chi connectivity index (χ0) is 30.6. The molecule has 0 radical (unpaired) electrons. The molecule has 0 fully saturated rings. The average molecular weight is 582 g/mol. The van der Waals surface area contributed by atoms with Crippen molar-refractivity contribution in [2.75, 3.05) is 11.4 Å². The smallest absolute Gasteiger partial charge is 0.298 e. The molecule has 5 rings (SSSR count). The number of aromatic nitrogens is 7. The summed E-state index contributed by atoms with van der Waals surface area (Å²) in [5.41, 5.74) is 2.64. The highest BCUT2D eigenvalue weighted by Crippen LogP contribution is 2.31. The molecule has 1 atom stereocenters. The van der Waals surface area contributed by atoms with Gasteiger partial charge in [-0.05, 0) is 60.2 Å². The van der Waals surface area contributed by atoms with E-state index in [2.05, 4.69) is 56.3 Å². The fraction of sp³-hybridized carbons (Fsp3) is 0.258. The van der Waals surface area contributed by atoms with Crippen LogP contribution in [0.15, 0.2) is 79.4 Å². The molecule has 2 amide bonds. The quantitative estimate of drug-likeness (QED) is 0.265. The maximum atomic E-state index is 14.3. The first-order valence-corrected chi connectivity index (χ1v) is 13.8. The minimum atomic E-state index is -1.12. The Labute approximate surface area is 248 Å². The number of nitrogens with one attached hydrogen (secondary N) is 2. The standard InChI is InChI=1S/C31H32FN9O2/c1-20-37-27(39-41(20)30-35-19-36-38-30)29(43)40(25-12-10-23(11-13-25)31(2,3)4)26(22-8-6-15-33-18-22)28(42)34-16-14-21-7-5-9-24(32)17-21/h5-13,15,17-19,26H,14,16H2,1-4H3,(H,34,42)(H,35,36,38). The predicted molar refractivity (Wildman–Crippen MR) is 158 cm³/mol. The van der Waals surface area contributed by atoms with Gasteiger partial charge in [-0.3, -0.25) is 19.5 Å². The van der Waals surface area contributed by atoms with E-state index < -0.39 is 17.9 Å². The molecule has 0 saturated carbocycles. The fourth-order valence-electron chi connectivity index (χ4n) is 4.67. The predicted octanol–water partition coefficient (Wildman–Crippen LogP) is 4.27. The lowest BCUT2D eigenvalue weighted by atomic mass is 9.87. The minimum Gasteiger partial charge on any atom is -0.354 e. The van der Waals surface area contributed by atoms with Crippen molar-refractivity contribution in [1.29, 1.82) is 0 Å². The Hall–Kier alpha value is -5.26. The van der Waals surface area contributed by atoms with Gasteiger partial charge in [-0.25, -0.2) is 14.5 Å². The molecule has 3 heterocycles. The number of carbonyl (C=O) groups excluding carboxylic acids is 2. The fourth-order valence-corrected chi connectivity index (χ4v) is 4.67. The second-order valence-electron chi connectivity index (χ2n) is 11.0. The first-order valence-electron chi connectivity index (χ1n) is 13.8. The lowest BCUT2D eigenvalue weighted by Gasteiger charge is -2.31. The van der Waals surface area contributed by atoms with Crippen LogP contribution in [0.1, 0.15) is 59.9 Å². The normalized spacial score (nSPS) is 12.1. The van der Waals surface area contributed by atoms with Gasteiger partial charge < -0.3 is 5.32 Å². The molecule has 0 spiro atoms.